The number of thioether (sulfide) groups is 1. The number of hydrogen-bond acceptors (Lipinski definition) is 5. The van der Waals surface area contributed by atoms with Crippen molar-refractivity contribution in [3.8, 4) is 0 Å². The highest BCUT2D eigenvalue weighted by Gasteiger charge is 2.32. The standard InChI is InChI=1S/C17H15F3N4O2S/c18-17(19,20)13-7-8-21-16(23-13)27-10-14(25)22-11-4-1-2-5-12(11)24-9-3-6-15(24)26/h1-2,4-5,7-8H,3,6,9-10H2,(H,22,25). The van der Waals surface area contributed by atoms with Gasteiger partial charge in [0.1, 0.15) is 5.69 Å². The molecule has 1 aromatic heterocycles. The molecule has 1 aliphatic rings. The van der Waals surface area contributed by atoms with E-state index in [1.807, 2.05) is 0 Å². The molecular weight excluding hydrogens is 381 g/mol. The lowest BCUT2D eigenvalue weighted by Crippen LogP contribution is -2.26. The SMILES string of the molecule is O=C(CSc1nccc(C(F)(F)F)n1)Nc1ccccc1N1CCCC1=O. The number of nitrogens with one attached hydrogen (secondary N) is 1. The van der Waals surface area contributed by atoms with Crippen LogP contribution in [0.5, 0.6) is 0 Å². The Labute approximate surface area is 157 Å². The van der Waals surface area contributed by atoms with Crippen LogP contribution in [-0.2, 0) is 15.8 Å². The monoisotopic (exact) mass is 396 g/mol. The molecule has 10 heteroatoms. The van der Waals surface area contributed by atoms with E-state index in [2.05, 4.69) is 15.3 Å². The predicted octanol–water partition coefficient (Wildman–Crippen LogP) is 3.35. The summed E-state index contributed by atoms with van der Waals surface area (Å²) in [5.74, 6) is -0.604. The van der Waals surface area contributed by atoms with Crippen molar-refractivity contribution in [2.24, 2.45) is 0 Å². The van der Waals surface area contributed by atoms with E-state index in [-0.39, 0.29) is 16.8 Å². The molecule has 2 amide bonds. The number of anilines is 2. The lowest BCUT2D eigenvalue weighted by Gasteiger charge is -2.19. The van der Waals surface area contributed by atoms with Gasteiger partial charge in [-0.1, -0.05) is 23.9 Å². The van der Waals surface area contributed by atoms with E-state index in [0.717, 1.165) is 30.4 Å². The topological polar surface area (TPSA) is 75.2 Å². The molecule has 6 nitrogen and oxygen atoms in total. The summed E-state index contributed by atoms with van der Waals surface area (Å²) in [7, 11) is 0. The summed E-state index contributed by atoms with van der Waals surface area (Å²) in [6.07, 6.45) is -2.35. The average Bonchev–Trinajstić information content (AvgIpc) is 3.06. The molecule has 1 N–H and O–H groups in total. The van der Waals surface area contributed by atoms with Crippen LogP contribution >= 0.6 is 11.8 Å². The number of para-hydroxylation sites is 2. The Morgan fingerprint density at radius 3 is 2.74 bits per heavy atom. The van der Waals surface area contributed by atoms with Crippen molar-refractivity contribution in [3.05, 3.63) is 42.2 Å². The molecule has 0 atom stereocenters. The first kappa shape index (κ1) is 19.2. The second-order valence-electron chi connectivity index (χ2n) is 5.73. The smallest absolute Gasteiger partial charge is 0.324 e. The Bertz CT molecular complexity index is 860. The van der Waals surface area contributed by atoms with Gasteiger partial charge in [0.2, 0.25) is 11.8 Å². The summed E-state index contributed by atoms with van der Waals surface area (Å²) in [5, 5.41) is 2.56. The highest BCUT2D eigenvalue weighted by Crippen LogP contribution is 2.30. The largest absolute Gasteiger partial charge is 0.433 e. The van der Waals surface area contributed by atoms with E-state index in [1.165, 1.54) is 0 Å². The fourth-order valence-corrected chi connectivity index (χ4v) is 3.23. The Hall–Kier alpha value is -2.62. The lowest BCUT2D eigenvalue weighted by atomic mass is 10.2. The molecule has 0 unspecified atom stereocenters. The molecule has 0 spiro atoms. The third-order valence-electron chi connectivity index (χ3n) is 3.80. The third kappa shape index (κ3) is 4.76. The zero-order valence-electron chi connectivity index (χ0n) is 14.0. The van der Waals surface area contributed by atoms with Gasteiger partial charge in [0.25, 0.3) is 0 Å². The Balaban J connectivity index is 1.65. The fourth-order valence-electron chi connectivity index (χ4n) is 2.60. The Kier molecular flexibility index (Phi) is 5.64. The minimum atomic E-state index is -4.57. The molecule has 142 valence electrons. The van der Waals surface area contributed by atoms with Crippen LogP contribution in [0.3, 0.4) is 0 Å². The van der Waals surface area contributed by atoms with Crippen molar-refractivity contribution in [2.75, 3.05) is 22.5 Å². The van der Waals surface area contributed by atoms with Crippen LogP contribution in [0.4, 0.5) is 24.5 Å². The van der Waals surface area contributed by atoms with E-state index in [1.54, 1.807) is 29.2 Å². The van der Waals surface area contributed by atoms with E-state index in [4.69, 9.17) is 0 Å². The van der Waals surface area contributed by atoms with Crippen LogP contribution in [0.15, 0.2) is 41.7 Å². The molecular formula is C17H15F3N4O2S. The maximum absolute atomic E-state index is 12.7. The Morgan fingerprint density at radius 1 is 1.26 bits per heavy atom. The van der Waals surface area contributed by atoms with Crippen LogP contribution in [0.25, 0.3) is 0 Å². The van der Waals surface area contributed by atoms with Crippen molar-refractivity contribution >= 4 is 35.0 Å². The van der Waals surface area contributed by atoms with Crippen LogP contribution in [0.1, 0.15) is 18.5 Å². The maximum Gasteiger partial charge on any atom is 0.433 e. The summed E-state index contributed by atoms with van der Waals surface area (Å²) in [4.78, 5) is 32.9. The predicted molar refractivity (Wildman–Crippen MR) is 94.4 cm³/mol. The van der Waals surface area contributed by atoms with Gasteiger partial charge in [-0.25, -0.2) is 9.97 Å². The first-order valence-corrected chi connectivity index (χ1v) is 9.05. The minimum absolute atomic E-state index is 0.0107. The Morgan fingerprint density at radius 2 is 2.04 bits per heavy atom. The van der Waals surface area contributed by atoms with Gasteiger partial charge in [-0.2, -0.15) is 13.2 Å². The number of halogens is 3. The summed E-state index contributed by atoms with van der Waals surface area (Å²) in [5.41, 5.74) is 0.0234. The number of benzene rings is 1. The minimum Gasteiger partial charge on any atom is -0.324 e. The van der Waals surface area contributed by atoms with Gasteiger partial charge in [0.05, 0.1) is 17.1 Å². The molecule has 0 radical (unpaired) electrons. The zero-order chi connectivity index (χ0) is 19.4. The van der Waals surface area contributed by atoms with Crippen molar-refractivity contribution in [1.82, 2.24) is 9.97 Å². The highest BCUT2D eigenvalue weighted by molar-refractivity contribution is 7.99. The number of rotatable bonds is 5. The fraction of sp³-hybridized carbons (Fsp3) is 0.294. The van der Waals surface area contributed by atoms with E-state index < -0.39 is 17.8 Å². The number of nitrogens with zero attached hydrogens (tertiary/aromatic N) is 3. The average molecular weight is 396 g/mol. The molecule has 0 bridgehead atoms. The van der Waals surface area contributed by atoms with Crippen LogP contribution in [-0.4, -0.2) is 34.1 Å². The van der Waals surface area contributed by atoms with E-state index >= 15 is 0 Å². The molecule has 3 rings (SSSR count). The number of carbonyl (C=O) groups is 2. The van der Waals surface area contributed by atoms with Crippen LogP contribution < -0.4 is 10.2 Å². The second-order valence-corrected chi connectivity index (χ2v) is 6.67. The van der Waals surface area contributed by atoms with Gasteiger partial charge in [-0.15, -0.1) is 0 Å². The maximum atomic E-state index is 12.7. The second kappa shape index (κ2) is 7.95. The molecule has 2 heterocycles. The summed E-state index contributed by atoms with van der Waals surface area (Å²) in [6.45, 7) is 0.582. The highest BCUT2D eigenvalue weighted by atomic mass is 32.2. The molecule has 27 heavy (non-hydrogen) atoms. The van der Waals surface area contributed by atoms with Gasteiger partial charge in [-0.3, -0.25) is 9.59 Å². The van der Waals surface area contributed by atoms with Crippen LogP contribution in [0, 0.1) is 0 Å². The molecule has 1 saturated heterocycles. The number of aromatic nitrogens is 2. The first-order valence-electron chi connectivity index (χ1n) is 8.07. The summed E-state index contributed by atoms with van der Waals surface area (Å²) < 4.78 is 38.0. The van der Waals surface area contributed by atoms with Gasteiger partial charge in [0, 0.05) is 19.2 Å². The van der Waals surface area contributed by atoms with Crippen molar-refractivity contribution in [3.63, 3.8) is 0 Å². The van der Waals surface area contributed by atoms with Crippen molar-refractivity contribution in [2.45, 2.75) is 24.2 Å². The molecule has 1 aliphatic heterocycles. The van der Waals surface area contributed by atoms with Gasteiger partial charge >= 0.3 is 6.18 Å². The van der Waals surface area contributed by atoms with Gasteiger partial charge in [-0.05, 0) is 24.6 Å². The molecule has 0 saturated carbocycles. The van der Waals surface area contributed by atoms with Gasteiger partial charge < -0.3 is 10.2 Å². The number of alkyl halides is 3. The molecule has 1 aromatic carbocycles. The number of amides is 2. The number of carbonyl (C=O) groups excluding carboxylic acids is 2. The summed E-state index contributed by atoms with van der Waals surface area (Å²) >= 11 is 0.802. The van der Waals surface area contributed by atoms with Crippen molar-refractivity contribution < 1.29 is 22.8 Å². The normalized spacial score (nSPS) is 14.5. The van der Waals surface area contributed by atoms with Gasteiger partial charge in [0.15, 0.2) is 5.16 Å². The molecule has 0 aliphatic carbocycles. The third-order valence-corrected chi connectivity index (χ3v) is 4.66. The molecule has 1 fully saturated rings. The van der Waals surface area contributed by atoms with Crippen LogP contribution in [0.2, 0.25) is 0 Å². The lowest BCUT2D eigenvalue weighted by molar-refractivity contribution is -0.141. The van der Waals surface area contributed by atoms with Crippen molar-refractivity contribution in [1.29, 1.82) is 0 Å². The summed E-state index contributed by atoms with van der Waals surface area (Å²) in [6, 6.07) is 7.67. The van der Waals surface area contributed by atoms with E-state index in [0.29, 0.717) is 24.3 Å². The first-order chi connectivity index (χ1) is 12.8. The quantitative estimate of drug-likeness (QED) is 0.620. The molecule has 2 aromatic rings. The zero-order valence-corrected chi connectivity index (χ0v) is 14.8. The van der Waals surface area contributed by atoms with E-state index in [9.17, 15) is 22.8 Å². The number of hydrogen-bond donors (Lipinski definition) is 1.